The quantitative estimate of drug-likeness (QED) is 0.415. The molecule has 0 aliphatic rings. The number of hydrogen-bond donors (Lipinski definition) is 3. The van der Waals surface area contributed by atoms with Gasteiger partial charge < -0.3 is 20.9 Å². The predicted octanol–water partition coefficient (Wildman–Crippen LogP) is 3.57. The predicted molar refractivity (Wildman–Crippen MR) is 123 cm³/mol. The van der Waals surface area contributed by atoms with Gasteiger partial charge in [0, 0.05) is 35.1 Å². The maximum absolute atomic E-state index is 13.6. The Balaban J connectivity index is 1.81. The molecule has 2 amide bonds. The van der Waals surface area contributed by atoms with E-state index >= 15 is 0 Å². The number of fused-ring (bicyclic) bond motifs is 3. The number of hydrogen-bond acceptors (Lipinski definition) is 4. The second-order valence-electron chi connectivity index (χ2n) is 7.72. The molecule has 4 rings (SSSR count). The van der Waals surface area contributed by atoms with Crippen LogP contribution < -0.4 is 11.1 Å². The Kier molecular flexibility index (Phi) is 5.82. The minimum atomic E-state index is -0.639. The lowest BCUT2D eigenvalue weighted by atomic mass is 10.1. The number of pyridine rings is 1. The van der Waals surface area contributed by atoms with Gasteiger partial charge in [0.2, 0.25) is 0 Å². The number of nitrogens with one attached hydrogen (secondary N) is 2. The smallest absolute Gasteiger partial charge is 0.251 e. The molecule has 2 aromatic carbocycles. The maximum atomic E-state index is 13.6. The number of carbonyl (C=O) groups is 2. The van der Waals surface area contributed by atoms with E-state index in [0.717, 1.165) is 11.9 Å². The first-order valence-electron chi connectivity index (χ1n) is 9.89. The molecular weight excluding hydrogens is 433 g/mol. The summed E-state index contributed by atoms with van der Waals surface area (Å²) in [7, 11) is 3.86. The molecule has 0 fully saturated rings. The third-order valence-electron chi connectivity index (χ3n) is 5.14. The normalized spacial score (nSPS) is 11.4. The summed E-state index contributed by atoms with van der Waals surface area (Å²) in [6.07, 6.45) is 0. The van der Waals surface area contributed by atoms with Gasteiger partial charge in [-0.05, 0) is 56.6 Å². The summed E-state index contributed by atoms with van der Waals surface area (Å²) < 4.78 is 13.6. The van der Waals surface area contributed by atoms with Crippen LogP contribution in [0.5, 0.6) is 0 Å². The fourth-order valence-corrected chi connectivity index (χ4v) is 3.67. The van der Waals surface area contributed by atoms with Crippen LogP contribution in [0.15, 0.2) is 42.5 Å². The number of benzene rings is 2. The molecule has 0 spiro atoms. The highest BCUT2D eigenvalue weighted by Crippen LogP contribution is 2.31. The van der Waals surface area contributed by atoms with E-state index in [1.165, 1.54) is 18.2 Å². The van der Waals surface area contributed by atoms with Gasteiger partial charge in [-0.3, -0.25) is 9.59 Å². The largest absolute Gasteiger partial charge is 0.366 e. The molecule has 0 unspecified atom stereocenters. The number of amides is 2. The van der Waals surface area contributed by atoms with Gasteiger partial charge in [-0.25, -0.2) is 9.37 Å². The minimum Gasteiger partial charge on any atom is -0.366 e. The van der Waals surface area contributed by atoms with Crippen LogP contribution in [0.3, 0.4) is 0 Å². The number of carbonyl (C=O) groups excluding carboxylic acids is 2. The summed E-state index contributed by atoms with van der Waals surface area (Å²) >= 11 is 5.92. The highest BCUT2D eigenvalue weighted by Gasteiger charge is 2.18. The third kappa shape index (κ3) is 4.15. The molecule has 0 aliphatic carbocycles. The first kappa shape index (κ1) is 21.7. The van der Waals surface area contributed by atoms with Crippen LogP contribution in [-0.2, 0) is 0 Å². The van der Waals surface area contributed by atoms with Gasteiger partial charge in [-0.2, -0.15) is 0 Å². The zero-order valence-electron chi connectivity index (χ0n) is 17.5. The van der Waals surface area contributed by atoms with Gasteiger partial charge >= 0.3 is 0 Å². The highest BCUT2D eigenvalue weighted by atomic mass is 35.5. The van der Waals surface area contributed by atoms with E-state index in [2.05, 4.69) is 15.3 Å². The molecule has 0 aliphatic heterocycles. The summed E-state index contributed by atoms with van der Waals surface area (Å²) in [5, 5.41) is 3.55. The van der Waals surface area contributed by atoms with E-state index in [4.69, 9.17) is 17.3 Å². The second-order valence-corrected chi connectivity index (χ2v) is 8.12. The first-order valence-corrected chi connectivity index (χ1v) is 10.3. The van der Waals surface area contributed by atoms with Crippen molar-refractivity contribution in [3.8, 4) is 11.3 Å². The molecular formula is C23H21ClFN5O2. The molecule has 2 aromatic heterocycles. The molecule has 2 heterocycles. The van der Waals surface area contributed by atoms with Crippen LogP contribution in [0.4, 0.5) is 4.39 Å². The lowest BCUT2D eigenvalue weighted by Gasteiger charge is -2.10. The molecule has 9 heteroatoms. The highest BCUT2D eigenvalue weighted by molar-refractivity contribution is 6.31. The number of rotatable bonds is 6. The molecule has 0 radical (unpaired) electrons. The zero-order valence-corrected chi connectivity index (χ0v) is 18.3. The molecule has 0 saturated heterocycles. The van der Waals surface area contributed by atoms with Gasteiger partial charge in [0.25, 0.3) is 11.8 Å². The molecule has 7 nitrogen and oxygen atoms in total. The summed E-state index contributed by atoms with van der Waals surface area (Å²) in [5.74, 6) is -1.38. The van der Waals surface area contributed by atoms with Gasteiger partial charge in [0.05, 0.1) is 27.3 Å². The Morgan fingerprint density at radius 2 is 1.97 bits per heavy atom. The summed E-state index contributed by atoms with van der Waals surface area (Å²) in [6, 6.07) is 10.9. The van der Waals surface area contributed by atoms with Crippen molar-refractivity contribution in [3.05, 3.63) is 64.4 Å². The van der Waals surface area contributed by atoms with Gasteiger partial charge in [0.1, 0.15) is 5.82 Å². The second kappa shape index (κ2) is 8.57. The van der Waals surface area contributed by atoms with Crippen molar-refractivity contribution < 1.29 is 14.0 Å². The van der Waals surface area contributed by atoms with Gasteiger partial charge in [-0.1, -0.05) is 11.6 Å². The van der Waals surface area contributed by atoms with Crippen LogP contribution >= 0.6 is 11.6 Å². The standard InChI is InChI=1S/C23H21ClFN5O2/c1-30(2)8-7-27-23(32)13-3-5-14-19(10-13)29-21-15(22(26)31)11-18(28-20(14)21)12-4-6-17(25)16(24)9-12/h3-6,9-11,29H,7-8H2,1-2H3,(H2,26,31)(H,27,32). The minimum absolute atomic E-state index is 0.0473. The fraction of sp³-hybridized carbons (Fsp3) is 0.174. The number of aromatic amines is 1. The Morgan fingerprint density at radius 3 is 2.66 bits per heavy atom. The number of likely N-dealkylation sites (N-methyl/N-ethyl adjacent to an activating group) is 1. The number of H-pyrrole nitrogens is 1. The zero-order chi connectivity index (χ0) is 23.0. The van der Waals surface area contributed by atoms with E-state index in [1.54, 1.807) is 24.3 Å². The third-order valence-corrected chi connectivity index (χ3v) is 5.43. The number of nitrogens with zero attached hydrogens (tertiary/aromatic N) is 2. The van der Waals surface area contributed by atoms with Crippen LogP contribution in [0.1, 0.15) is 20.7 Å². The summed E-state index contributed by atoms with van der Waals surface area (Å²) in [6.45, 7) is 1.25. The van der Waals surface area contributed by atoms with Crippen molar-refractivity contribution in [3.63, 3.8) is 0 Å². The number of nitrogens with two attached hydrogens (primary N) is 1. The fourth-order valence-electron chi connectivity index (χ4n) is 3.49. The van der Waals surface area contributed by atoms with Crippen LogP contribution in [0.25, 0.3) is 33.2 Å². The van der Waals surface area contributed by atoms with Crippen molar-refractivity contribution in [2.45, 2.75) is 0 Å². The van der Waals surface area contributed by atoms with Crippen molar-refractivity contribution in [2.24, 2.45) is 5.73 Å². The van der Waals surface area contributed by atoms with Crippen molar-refractivity contribution >= 4 is 45.4 Å². The monoisotopic (exact) mass is 453 g/mol. The van der Waals surface area contributed by atoms with Crippen molar-refractivity contribution in [1.82, 2.24) is 20.2 Å². The molecule has 0 atom stereocenters. The molecule has 32 heavy (non-hydrogen) atoms. The molecule has 4 aromatic rings. The Labute approximate surface area is 188 Å². The number of aromatic nitrogens is 2. The Morgan fingerprint density at radius 1 is 1.19 bits per heavy atom. The van der Waals surface area contributed by atoms with E-state index in [9.17, 15) is 14.0 Å². The van der Waals surface area contributed by atoms with E-state index in [-0.39, 0.29) is 16.5 Å². The summed E-state index contributed by atoms with van der Waals surface area (Å²) in [5.41, 5.74) is 8.94. The van der Waals surface area contributed by atoms with E-state index in [0.29, 0.717) is 39.9 Å². The number of halogens is 2. The summed E-state index contributed by atoms with van der Waals surface area (Å²) in [4.78, 5) is 34.4. The molecule has 164 valence electrons. The number of primary amides is 1. The van der Waals surface area contributed by atoms with Crippen molar-refractivity contribution in [1.29, 1.82) is 0 Å². The van der Waals surface area contributed by atoms with E-state index in [1.807, 2.05) is 19.0 Å². The lowest BCUT2D eigenvalue weighted by Crippen LogP contribution is -2.31. The molecule has 4 N–H and O–H groups in total. The van der Waals surface area contributed by atoms with Gasteiger partial charge in [0.15, 0.2) is 0 Å². The average Bonchev–Trinajstić information content (AvgIpc) is 3.12. The Bertz CT molecular complexity index is 1370. The Hall–Kier alpha value is -3.49. The van der Waals surface area contributed by atoms with Crippen molar-refractivity contribution in [2.75, 3.05) is 27.2 Å². The maximum Gasteiger partial charge on any atom is 0.251 e. The SMILES string of the molecule is CN(C)CCNC(=O)c1ccc2c(c1)[nH]c1c(C(N)=O)cc(-c3ccc(F)c(Cl)c3)nc12. The topological polar surface area (TPSA) is 104 Å². The van der Waals surface area contributed by atoms with Crippen LogP contribution in [0, 0.1) is 5.82 Å². The van der Waals surface area contributed by atoms with Crippen LogP contribution in [-0.4, -0.2) is 53.9 Å². The van der Waals surface area contributed by atoms with Gasteiger partial charge in [-0.15, -0.1) is 0 Å². The van der Waals surface area contributed by atoms with E-state index < -0.39 is 11.7 Å². The first-order chi connectivity index (χ1) is 15.2. The molecule has 0 bridgehead atoms. The average molecular weight is 454 g/mol. The van der Waals surface area contributed by atoms with Crippen LogP contribution in [0.2, 0.25) is 5.02 Å². The molecule has 0 saturated carbocycles. The lowest BCUT2D eigenvalue weighted by molar-refractivity contribution is 0.0950.